The summed E-state index contributed by atoms with van der Waals surface area (Å²) in [6.07, 6.45) is 9.01. The first-order valence-corrected chi connectivity index (χ1v) is 13.4. The van der Waals surface area contributed by atoms with E-state index in [1.54, 1.807) is 12.1 Å². The highest BCUT2D eigenvalue weighted by Crippen LogP contribution is 2.40. The van der Waals surface area contributed by atoms with Crippen LogP contribution >= 0.6 is 0 Å². The monoisotopic (exact) mass is 499 g/mol. The number of halogens is 1. The molecule has 2 aliphatic rings. The molecule has 192 valence electrons. The van der Waals surface area contributed by atoms with Crippen LogP contribution in [0.2, 0.25) is 0 Å². The third-order valence-corrected chi connectivity index (χ3v) is 7.93. The summed E-state index contributed by atoms with van der Waals surface area (Å²) in [4.78, 5) is 14.4. The number of nitrogens with one attached hydrogen (secondary N) is 1. The maximum atomic E-state index is 13.6. The molecular formula is C29H34FN7. The third-order valence-electron chi connectivity index (χ3n) is 7.93. The van der Waals surface area contributed by atoms with Crippen molar-refractivity contribution in [3.8, 4) is 11.1 Å². The molecule has 2 aliphatic carbocycles. The number of hydrogen-bond acceptors (Lipinski definition) is 6. The van der Waals surface area contributed by atoms with Crippen LogP contribution in [0.15, 0.2) is 48.5 Å². The van der Waals surface area contributed by atoms with Gasteiger partial charge >= 0.3 is 0 Å². The highest BCUT2D eigenvalue weighted by Gasteiger charge is 2.31. The lowest BCUT2D eigenvalue weighted by molar-refractivity contribution is 0.364. The average molecular weight is 500 g/mol. The fraction of sp³-hybridized carbons (Fsp3) is 0.414. The molecule has 0 radical (unpaired) electrons. The number of nitrogens with zero attached hydrogens (tertiary/aromatic N) is 4. The van der Waals surface area contributed by atoms with Gasteiger partial charge in [0.2, 0.25) is 5.95 Å². The molecule has 2 heterocycles. The van der Waals surface area contributed by atoms with E-state index in [4.69, 9.17) is 16.5 Å². The first-order valence-electron chi connectivity index (χ1n) is 13.4. The first-order chi connectivity index (χ1) is 18.0. The second-order valence-corrected chi connectivity index (χ2v) is 10.6. The van der Waals surface area contributed by atoms with Crippen LogP contribution in [0.3, 0.4) is 0 Å². The Hall–Kier alpha value is -3.52. The Labute approximate surface area is 216 Å². The third kappa shape index (κ3) is 4.90. The van der Waals surface area contributed by atoms with Crippen molar-refractivity contribution in [1.82, 2.24) is 19.5 Å². The number of fused-ring (bicyclic) bond motifs is 1. The molecule has 0 saturated heterocycles. The molecular weight excluding hydrogens is 465 g/mol. The largest absolute Gasteiger partial charge is 0.368 e. The molecule has 0 bridgehead atoms. The molecule has 2 aromatic carbocycles. The lowest BCUT2D eigenvalue weighted by Crippen LogP contribution is -2.28. The molecule has 2 aromatic heterocycles. The van der Waals surface area contributed by atoms with Gasteiger partial charge in [-0.15, -0.1) is 0 Å². The van der Waals surface area contributed by atoms with Gasteiger partial charge in [0.05, 0.1) is 0 Å². The fourth-order valence-electron chi connectivity index (χ4n) is 6.07. The molecule has 5 N–H and O–H groups in total. The predicted octanol–water partition coefficient (Wildman–Crippen LogP) is 5.93. The van der Waals surface area contributed by atoms with Crippen molar-refractivity contribution >= 4 is 22.9 Å². The second-order valence-electron chi connectivity index (χ2n) is 10.6. The maximum Gasteiger partial charge on any atom is 0.224 e. The summed E-state index contributed by atoms with van der Waals surface area (Å²) in [6.45, 7) is 0.564. The minimum atomic E-state index is -0.236. The van der Waals surface area contributed by atoms with Crippen LogP contribution in [0.5, 0.6) is 0 Å². The molecule has 2 fully saturated rings. The summed E-state index contributed by atoms with van der Waals surface area (Å²) in [7, 11) is 0. The zero-order valence-electron chi connectivity index (χ0n) is 21.0. The van der Waals surface area contributed by atoms with E-state index in [-0.39, 0.29) is 17.8 Å². The van der Waals surface area contributed by atoms with Crippen molar-refractivity contribution in [2.75, 3.05) is 11.1 Å². The minimum absolute atomic E-state index is 0.222. The van der Waals surface area contributed by atoms with E-state index in [0.717, 1.165) is 72.2 Å². The predicted molar refractivity (Wildman–Crippen MR) is 146 cm³/mol. The summed E-state index contributed by atoms with van der Waals surface area (Å²) >= 11 is 0. The van der Waals surface area contributed by atoms with Crippen LogP contribution in [0.25, 0.3) is 22.3 Å². The zero-order chi connectivity index (χ0) is 25.4. The van der Waals surface area contributed by atoms with E-state index in [0.29, 0.717) is 24.3 Å². The molecule has 0 spiro atoms. The van der Waals surface area contributed by atoms with E-state index >= 15 is 0 Å². The number of hydrogen-bond donors (Lipinski definition) is 3. The Morgan fingerprint density at radius 2 is 1.73 bits per heavy atom. The van der Waals surface area contributed by atoms with E-state index < -0.39 is 0 Å². The van der Waals surface area contributed by atoms with Crippen LogP contribution in [0, 0.1) is 5.82 Å². The van der Waals surface area contributed by atoms with Crippen LogP contribution < -0.4 is 16.8 Å². The van der Waals surface area contributed by atoms with Gasteiger partial charge in [-0.2, -0.15) is 9.97 Å². The molecule has 37 heavy (non-hydrogen) atoms. The van der Waals surface area contributed by atoms with Crippen molar-refractivity contribution in [3.05, 3.63) is 65.7 Å². The SMILES string of the molecule is Nc1nc(NCc2ccc(-c3cccc(F)c3)cc2)c2nc(C3CCCC(N)C3)n(C3CCCC3)c2n1. The number of benzene rings is 2. The summed E-state index contributed by atoms with van der Waals surface area (Å²) in [5.74, 6) is 2.11. The number of nitrogen functional groups attached to an aromatic ring is 1. The Morgan fingerprint density at radius 3 is 2.49 bits per heavy atom. The number of nitrogens with two attached hydrogens (primary N) is 2. The van der Waals surface area contributed by atoms with Crippen molar-refractivity contribution < 1.29 is 4.39 Å². The summed E-state index contributed by atoms with van der Waals surface area (Å²) < 4.78 is 16.0. The number of imidazole rings is 1. The second kappa shape index (κ2) is 10.1. The Kier molecular flexibility index (Phi) is 6.50. The molecule has 2 atom stereocenters. The molecule has 4 aromatic rings. The van der Waals surface area contributed by atoms with Gasteiger partial charge in [0.1, 0.15) is 11.6 Å². The van der Waals surface area contributed by atoms with Gasteiger partial charge in [-0.3, -0.25) is 0 Å². The molecule has 0 aliphatic heterocycles. The number of rotatable bonds is 6. The van der Waals surface area contributed by atoms with Gasteiger partial charge < -0.3 is 21.4 Å². The average Bonchev–Trinajstić information content (AvgIpc) is 3.55. The maximum absolute atomic E-state index is 13.6. The van der Waals surface area contributed by atoms with Gasteiger partial charge in [0, 0.05) is 24.5 Å². The summed E-state index contributed by atoms with van der Waals surface area (Å²) in [6, 6.07) is 15.4. The fourth-order valence-corrected chi connectivity index (χ4v) is 6.07. The van der Waals surface area contributed by atoms with Gasteiger partial charge in [-0.1, -0.05) is 55.7 Å². The summed E-state index contributed by atoms with van der Waals surface area (Å²) in [5.41, 5.74) is 17.1. The van der Waals surface area contributed by atoms with Crippen molar-refractivity contribution in [2.24, 2.45) is 5.73 Å². The number of anilines is 2. The van der Waals surface area contributed by atoms with E-state index in [1.807, 2.05) is 30.3 Å². The molecule has 8 heteroatoms. The van der Waals surface area contributed by atoms with Gasteiger partial charge in [0.25, 0.3) is 0 Å². The standard InChI is InChI=1S/C29H34FN7/c30-22-7-3-5-20(15-22)19-13-11-18(12-14-19)17-33-26-25-28(36-29(32)35-26)37(24-9-1-2-10-24)27(34-25)21-6-4-8-23(31)16-21/h3,5,7,11-15,21,23-24H,1-2,4,6,8-10,16-17,31H2,(H3,32,33,35,36). The van der Waals surface area contributed by atoms with Crippen LogP contribution in [0.1, 0.15) is 74.7 Å². The zero-order valence-corrected chi connectivity index (χ0v) is 21.0. The van der Waals surface area contributed by atoms with E-state index in [9.17, 15) is 4.39 Å². The molecule has 0 amide bonds. The minimum Gasteiger partial charge on any atom is -0.368 e. The molecule has 6 rings (SSSR count). The Bertz CT molecular complexity index is 1390. The van der Waals surface area contributed by atoms with E-state index in [1.165, 1.54) is 18.9 Å². The van der Waals surface area contributed by atoms with Crippen LogP contribution in [-0.4, -0.2) is 25.6 Å². The molecule has 2 unspecified atom stereocenters. The lowest BCUT2D eigenvalue weighted by Gasteiger charge is -2.28. The topological polar surface area (TPSA) is 108 Å². The normalized spacial score (nSPS) is 20.5. The van der Waals surface area contributed by atoms with Crippen LogP contribution in [0.4, 0.5) is 16.2 Å². The van der Waals surface area contributed by atoms with Gasteiger partial charge in [-0.25, -0.2) is 9.37 Å². The van der Waals surface area contributed by atoms with Gasteiger partial charge in [0.15, 0.2) is 17.0 Å². The van der Waals surface area contributed by atoms with E-state index in [2.05, 4.69) is 19.9 Å². The van der Waals surface area contributed by atoms with Gasteiger partial charge in [-0.05, 0) is 60.9 Å². The van der Waals surface area contributed by atoms with Crippen molar-refractivity contribution in [2.45, 2.75) is 75.9 Å². The highest BCUT2D eigenvalue weighted by atomic mass is 19.1. The first kappa shape index (κ1) is 23.9. The van der Waals surface area contributed by atoms with Crippen molar-refractivity contribution in [3.63, 3.8) is 0 Å². The Balaban J connectivity index is 1.30. The smallest absolute Gasteiger partial charge is 0.224 e. The Morgan fingerprint density at radius 1 is 0.919 bits per heavy atom. The number of aromatic nitrogens is 4. The quantitative estimate of drug-likeness (QED) is 0.304. The van der Waals surface area contributed by atoms with Crippen LogP contribution in [-0.2, 0) is 6.54 Å². The molecule has 7 nitrogen and oxygen atoms in total. The molecule has 2 saturated carbocycles. The summed E-state index contributed by atoms with van der Waals surface area (Å²) in [5, 5.41) is 3.46. The van der Waals surface area contributed by atoms with Crippen molar-refractivity contribution in [1.29, 1.82) is 0 Å². The highest BCUT2D eigenvalue weighted by molar-refractivity contribution is 5.85. The lowest BCUT2D eigenvalue weighted by atomic mass is 9.85.